The summed E-state index contributed by atoms with van der Waals surface area (Å²) in [6.07, 6.45) is -0.0887. The summed E-state index contributed by atoms with van der Waals surface area (Å²) in [6.45, 7) is -0.335. The molecule has 1 atom stereocenters. The number of amides is 2. The van der Waals surface area contributed by atoms with Gasteiger partial charge in [-0.15, -0.1) is 0 Å². The average Bonchev–Trinajstić information content (AvgIpc) is 2.40. The van der Waals surface area contributed by atoms with Gasteiger partial charge in [-0.25, -0.2) is 14.0 Å². The van der Waals surface area contributed by atoms with Crippen molar-refractivity contribution in [2.45, 2.75) is 19.0 Å². The molecule has 0 spiro atoms. The van der Waals surface area contributed by atoms with E-state index in [2.05, 4.69) is 5.32 Å². The molecule has 7 heteroatoms. The van der Waals surface area contributed by atoms with E-state index in [9.17, 15) is 14.0 Å². The van der Waals surface area contributed by atoms with Gasteiger partial charge >= 0.3 is 12.0 Å². The molecule has 0 aliphatic carbocycles. The van der Waals surface area contributed by atoms with Crippen LogP contribution in [-0.4, -0.2) is 46.8 Å². The zero-order valence-electron chi connectivity index (χ0n) is 11.0. The van der Waals surface area contributed by atoms with Crippen LogP contribution in [-0.2, 0) is 11.3 Å². The van der Waals surface area contributed by atoms with E-state index in [0.29, 0.717) is 5.56 Å². The summed E-state index contributed by atoms with van der Waals surface area (Å²) in [7, 11) is 1.43. The van der Waals surface area contributed by atoms with Crippen LogP contribution in [0.5, 0.6) is 0 Å². The highest BCUT2D eigenvalue weighted by atomic mass is 19.1. The van der Waals surface area contributed by atoms with Crippen LogP contribution in [0, 0.1) is 5.82 Å². The Morgan fingerprint density at radius 2 is 2.05 bits per heavy atom. The number of urea groups is 1. The minimum Gasteiger partial charge on any atom is -0.480 e. The van der Waals surface area contributed by atoms with E-state index in [0.717, 1.165) is 0 Å². The van der Waals surface area contributed by atoms with Crippen LogP contribution in [0.1, 0.15) is 12.0 Å². The number of benzene rings is 1. The molecule has 0 saturated carbocycles. The first-order valence-corrected chi connectivity index (χ1v) is 6.04. The van der Waals surface area contributed by atoms with E-state index in [-0.39, 0.29) is 19.6 Å². The lowest BCUT2D eigenvalue weighted by Crippen LogP contribution is -2.46. The molecule has 2 amide bonds. The number of carboxylic acid groups (broad SMARTS) is 1. The van der Waals surface area contributed by atoms with Crippen LogP contribution in [0.15, 0.2) is 24.3 Å². The predicted octanol–water partition coefficient (Wildman–Crippen LogP) is 0.803. The van der Waals surface area contributed by atoms with Crippen molar-refractivity contribution in [1.29, 1.82) is 0 Å². The molecule has 0 saturated heterocycles. The van der Waals surface area contributed by atoms with E-state index in [1.807, 2.05) is 0 Å². The Balaban J connectivity index is 2.63. The number of aliphatic hydroxyl groups is 1. The van der Waals surface area contributed by atoms with Gasteiger partial charge in [-0.3, -0.25) is 0 Å². The van der Waals surface area contributed by atoms with Crippen LogP contribution < -0.4 is 5.32 Å². The average molecular weight is 284 g/mol. The largest absolute Gasteiger partial charge is 0.480 e. The molecule has 1 rings (SSSR count). The molecule has 20 heavy (non-hydrogen) atoms. The third kappa shape index (κ3) is 4.51. The Labute approximate surface area is 115 Å². The number of hydrogen-bond donors (Lipinski definition) is 3. The van der Waals surface area contributed by atoms with Gasteiger partial charge in [0.2, 0.25) is 0 Å². The third-order valence-corrected chi connectivity index (χ3v) is 2.73. The number of carboxylic acids is 1. The van der Waals surface area contributed by atoms with Crippen molar-refractivity contribution >= 4 is 12.0 Å². The minimum absolute atomic E-state index is 0.0178. The second kappa shape index (κ2) is 7.44. The number of carbonyl (C=O) groups excluding carboxylic acids is 1. The SMILES string of the molecule is CN(Cc1ccccc1F)C(=O)N[C@@H](CCO)C(=O)O. The van der Waals surface area contributed by atoms with Crippen molar-refractivity contribution in [2.75, 3.05) is 13.7 Å². The van der Waals surface area contributed by atoms with Gasteiger partial charge in [0.15, 0.2) is 0 Å². The normalized spacial score (nSPS) is 11.8. The van der Waals surface area contributed by atoms with Gasteiger partial charge < -0.3 is 20.4 Å². The van der Waals surface area contributed by atoms with Crippen molar-refractivity contribution in [3.63, 3.8) is 0 Å². The lowest BCUT2D eigenvalue weighted by atomic mass is 10.2. The van der Waals surface area contributed by atoms with Crippen LogP contribution in [0.3, 0.4) is 0 Å². The van der Waals surface area contributed by atoms with E-state index in [1.165, 1.54) is 18.0 Å². The summed E-state index contributed by atoms with van der Waals surface area (Å²) in [5.74, 6) is -1.66. The Hall–Kier alpha value is -2.15. The summed E-state index contributed by atoms with van der Waals surface area (Å²) < 4.78 is 13.4. The molecule has 110 valence electrons. The maximum absolute atomic E-state index is 13.4. The van der Waals surface area contributed by atoms with Crippen LogP contribution in [0.2, 0.25) is 0 Å². The molecule has 6 nitrogen and oxygen atoms in total. The van der Waals surface area contributed by atoms with Crippen molar-refractivity contribution < 1.29 is 24.2 Å². The molecule has 1 aromatic rings. The Bertz CT molecular complexity index is 481. The van der Waals surface area contributed by atoms with Crippen molar-refractivity contribution in [2.24, 2.45) is 0 Å². The molecule has 3 N–H and O–H groups in total. The summed E-state index contributed by atoms with van der Waals surface area (Å²) in [4.78, 5) is 23.8. The van der Waals surface area contributed by atoms with Crippen LogP contribution in [0.4, 0.5) is 9.18 Å². The molecule has 0 aromatic heterocycles. The lowest BCUT2D eigenvalue weighted by Gasteiger charge is -2.21. The van der Waals surface area contributed by atoms with Gasteiger partial charge in [-0.2, -0.15) is 0 Å². The fourth-order valence-corrected chi connectivity index (χ4v) is 1.60. The number of rotatable bonds is 6. The fourth-order valence-electron chi connectivity index (χ4n) is 1.60. The van der Waals surface area contributed by atoms with Crippen molar-refractivity contribution in [1.82, 2.24) is 10.2 Å². The number of hydrogen-bond acceptors (Lipinski definition) is 3. The number of halogens is 1. The minimum atomic E-state index is -1.23. The molecule has 0 radical (unpaired) electrons. The Morgan fingerprint density at radius 3 is 2.60 bits per heavy atom. The Morgan fingerprint density at radius 1 is 1.40 bits per heavy atom. The zero-order chi connectivity index (χ0) is 15.1. The van der Waals surface area contributed by atoms with Gasteiger partial charge in [-0.05, 0) is 6.07 Å². The first-order chi connectivity index (χ1) is 9.45. The second-order valence-electron chi connectivity index (χ2n) is 4.30. The molecule has 0 unspecified atom stereocenters. The van der Waals surface area contributed by atoms with E-state index in [1.54, 1.807) is 18.2 Å². The number of aliphatic carboxylic acids is 1. The number of nitrogens with one attached hydrogen (secondary N) is 1. The Kier molecular flexibility index (Phi) is 5.92. The van der Waals surface area contributed by atoms with Crippen molar-refractivity contribution in [3.05, 3.63) is 35.6 Å². The number of nitrogens with zero attached hydrogens (tertiary/aromatic N) is 1. The van der Waals surface area contributed by atoms with Gasteiger partial charge in [0.05, 0.1) is 0 Å². The van der Waals surface area contributed by atoms with E-state index >= 15 is 0 Å². The van der Waals surface area contributed by atoms with Crippen LogP contribution in [0.25, 0.3) is 0 Å². The van der Waals surface area contributed by atoms with Crippen LogP contribution >= 0.6 is 0 Å². The topological polar surface area (TPSA) is 89.9 Å². The smallest absolute Gasteiger partial charge is 0.326 e. The quantitative estimate of drug-likeness (QED) is 0.721. The molecular weight excluding hydrogens is 267 g/mol. The predicted molar refractivity (Wildman–Crippen MR) is 69.5 cm³/mol. The van der Waals surface area contributed by atoms with Gasteiger partial charge in [0.1, 0.15) is 11.9 Å². The molecule has 0 aliphatic heterocycles. The van der Waals surface area contributed by atoms with Gasteiger partial charge in [0, 0.05) is 32.2 Å². The monoisotopic (exact) mass is 284 g/mol. The first-order valence-electron chi connectivity index (χ1n) is 6.04. The third-order valence-electron chi connectivity index (χ3n) is 2.73. The second-order valence-corrected chi connectivity index (χ2v) is 4.30. The number of carbonyl (C=O) groups is 2. The van der Waals surface area contributed by atoms with Gasteiger partial charge in [-0.1, -0.05) is 18.2 Å². The molecule has 0 bridgehead atoms. The summed E-state index contributed by atoms with van der Waals surface area (Å²) in [5, 5.41) is 19.9. The summed E-state index contributed by atoms with van der Waals surface area (Å²) >= 11 is 0. The summed E-state index contributed by atoms with van der Waals surface area (Å²) in [5.41, 5.74) is 0.333. The molecule has 1 aromatic carbocycles. The highest BCUT2D eigenvalue weighted by Crippen LogP contribution is 2.09. The molecular formula is C13H17FN2O4. The van der Waals surface area contributed by atoms with Gasteiger partial charge in [0.25, 0.3) is 0 Å². The number of aliphatic hydroxyl groups excluding tert-OH is 1. The highest BCUT2D eigenvalue weighted by molar-refractivity contribution is 5.82. The van der Waals surface area contributed by atoms with E-state index < -0.39 is 23.9 Å². The maximum atomic E-state index is 13.4. The molecule has 0 fully saturated rings. The van der Waals surface area contributed by atoms with E-state index in [4.69, 9.17) is 10.2 Å². The first kappa shape index (κ1) is 15.9. The van der Waals surface area contributed by atoms with Crippen molar-refractivity contribution in [3.8, 4) is 0 Å². The summed E-state index contributed by atoms with van der Waals surface area (Å²) in [6, 6.07) is 4.20. The molecule has 0 heterocycles. The fraction of sp³-hybridized carbons (Fsp3) is 0.385. The zero-order valence-corrected chi connectivity index (χ0v) is 11.0. The standard InChI is InChI=1S/C13H17FN2O4/c1-16(8-9-4-2-3-5-10(9)14)13(20)15-11(6-7-17)12(18)19/h2-5,11,17H,6-8H2,1H3,(H,15,20)(H,18,19)/t11-/m0/s1. The molecule has 0 aliphatic rings. The lowest BCUT2D eigenvalue weighted by molar-refractivity contribution is -0.139. The maximum Gasteiger partial charge on any atom is 0.326 e. The highest BCUT2D eigenvalue weighted by Gasteiger charge is 2.21.